The van der Waals surface area contributed by atoms with Crippen molar-refractivity contribution in [3.05, 3.63) is 77.0 Å². The van der Waals surface area contributed by atoms with E-state index in [1.54, 1.807) is 64.1 Å². The number of alkyl halides is 3. The molecule has 1 unspecified atom stereocenters. The summed E-state index contributed by atoms with van der Waals surface area (Å²) in [5.74, 6) is -0.552. The van der Waals surface area contributed by atoms with Gasteiger partial charge in [0.1, 0.15) is 17.0 Å². The smallest absolute Gasteiger partial charge is 0.433 e. The lowest BCUT2D eigenvalue weighted by Crippen LogP contribution is -2.32. The highest BCUT2D eigenvalue weighted by molar-refractivity contribution is 6.00. The number of methoxy groups -OCH3 is 1. The number of carbonyl (C=O) groups excluding carboxylic acids is 2. The van der Waals surface area contributed by atoms with E-state index in [1.807, 2.05) is 13.0 Å². The molecule has 0 aliphatic heterocycles. The van der Waals surface area contributed by atoms with E-state index in [4.69, 9.17) is 9.47 Å². The number of alkyl carbamates (subject to hydrolysis) is 1. The van der Waals surface area contributed by atoms with Crippen LogP contribution in [-0.4, -0.2) is 36.7 Å². The fourth-order valence-corrected chi connectivity index (χ4v) is 4.09. The van der Waals surface area contributed by atoms with Crippen molar-refractivity contribution in [2.45, 2.75) is 58.9 Å². The number of halogens is 3. The van der Waals surface area contributed by atoms with Gasteiger partial charge in [0.15, 0.2) is 0 Å². The van der Waals surface area contributed by atoms with E-state index >= 15 is 0 Å². The first-order valence-corrected chi connectivity index (χ1v) is 12.7. The summed E-state index contributed by atoms with van der Waals surface area (Å²) < 4.78 is 51.2. The number of anilines is 1. The van der Waals surface area contributed by atoms with Crippen LogP contribution in [0.4, 0.5) is 23.7 Å². The lowest BCUT2D eigenvalue weighted by molar-refractivity contribution is -0.141. The van der Waals surface area contributed by atoms with Gasteiger partial charge >= 0.3 is 12.3 Å². The molecule has 3 rings (SSSR count). The van der Waals surface area contributed by atoms with E-state index in [0.717, 1.165) is 11.6 Å². The maximum absolute atomic E-state index is 13.6. The number of pyridine rings is 1. The maximum atomic E-state index is 13.6. The van der Waals surface area contributed by atoms with Gasteiger partial charge in [0.25, 0.3) is 0 Å². The monoisotopic (exact) mass is 557 g/mol. The Bertz CT molecular complexity index is 1380. The van der Waals surface area contributed by atoms with Crippen molar-refractivity contribution in [2.24, 2.45) is 0 Å². The van der Waals surface area contributed by atoms with Crippen molar-refractivity contribution in [2.75, 3.05) is 19.1 Å². The predicted octanol–water partition coefficient (Wildman–Crippen LogP) is 6.88. The molecule has 10 heteroatoms. The van der Waals surface area contributed by atoms with Gasteiger partial charge in [-0.2, -0.15) is 13.2 Å². The molecule has 0 aliphatic carbocycles. The van der Waals surface area contributed by atoms with Crippen molar-refractivity contribution in [1.29, 1.82) is 0 Å². The van der Waals surface area contributed by atoms with Crippen LogP contribution in [0, 0.1) is 6.92 Å². The quantitative estimate of drug-likeness (QED) is 0.343. The molecule has 1 aromatic heterocycles. The standard InChI is InChI=1S/C30H34F3N3O4/c1-18-9-8-10-21(15-18)26-23(13-14-25(35-26)30(31,32)33)36(6)27(37)19(2)20-11-12-22(24(16-20)39-7)17-34-28(38)40-29(3,4)5/h8-16,19H,17H2,1-7H3,(H,34,38). The molecular weight excluding hydrogens is 523 g/mol. The number of hydrogen-bond donors (Lipinski definition) is 1. The van der Waals surface area contributed by atoms with Crippen LogP contribution >= 0.6 is 0 Å². The number of hydrogen-bond acceptors (Lipinski definition) is 5. The van der Waals surface area contributed by atoms with Crippen LogP contribution in [-0.2, 0) is 22.3 Å². The van der Waals surface area contributed by atoms with Gasteiger partial charge in [-0.25, -0.2) is 9.78 Å². The van der Waals surface area contributed by atoms with Gasteiger partial charge in [-0.3, -0.25) is 4.79 Å². The molecule has 0 bridgehead atoms. The summed E-state index contributed by atoms with van der Waals surface area (Å²) in [7, 11) is 3.00. The Balaban J connectivity index is 1.89. The van der Waals surface area contributed by atoms with Crippen LogP contribution in [0.2, 0.25) is 0 Å². The molecule has 1 N–H and O–H groups in total. The van der Waals surface area contributed by atoms with Crippen molar-refractivity contribution >= 4 is 17.7 Å². The number of benzene rings is 2. The van der Waals surface area contributed by atoms with Crippen molar-refractivity contribution in [3.8, 4) is 17.0 Å². The second kappa shape index (κ2) is 12.0. The van der Waals surface area contributed by atoms with E-state index in [1.165, 1.54) is 25.1 Å². The number of ether oxygens (including phenoxy) is 2. The molecule has 0 saturated carbocycles. The Morgan fingerprint density at radius 3 is 2.35 bits per heavy atom. The molecule has 0 aliphatic rings. The lowest BCUT2D eigenvalue weighted by atomic mass is 9.97. The van der Waals surface area contributed by atoms with E-state index in [0.29, 0.717) is 22.4 Å². The van der Waals surface area contributed by atoms with Crippen molar-refractivity contribution in [1.82, 2.24) is 10.3 Å². The predicted molar refractivity (Wildman–Crippen MR) is 147 cm³/mol. The second-order valence-corrected chi connectivity index (χ2v) is 10.5. The zero-order valence-electron chi connectivity index (χ0n) is 23.6. The van der Waals surface area contributed by atoms with Crippen LogP contribution in [0.25, 0.3) is 11.3 Å². The highest BCUT2D eigenvalue weighted by Gasteiger charge is 2.34. The molecule has 7 nitrogen and oxygen atoms in total. The molecule has 0 saturated heterocycles. The van der Waals surface area contributed by atoms with E-state index in [9.17, 15) is 22.8 Å². The summed E-state index contributed by atoms with van der Waals surface area (Å²) in [6.07, 6.45) is -5.21. The summed E-state index contributed by atoms with van der Waals surface area (Å²) in [5.41, 5.74) is 1.26. The fraction of sp³-hybridized carbons (Fsp3) is 0.367. The normalized spacial score (nSPS) is 12.4. The molecular formula is C30H34F3N3O4. The highest BCUT2D eigenvalue weighted by atomic mass is 19.4. The molecule has 214 valence electrons. The number of carbonyl (C=O) groups is 2. The molecule has 40 heavy (non-hydrogen) atoms. The molecule has 1 heterocycles. The Hall–Kier alpha value is -4.08. The van der Waals surface area contributed by atoms with Crippen LogP contribution in [0.3, 0.4) is 0 Å². The van der Waals surface area contributed by atoms with E-state index in [-0.39, 0.29) is 23.8 Å². The van der Waals surface area contributed by atoms with Crippen LogP contribution in [0.15, 0.2) is 54.6 Å². The average Bonchev–Trinajstić information content (AvgIpc) is 2.88. The first kappa shape index (κ1) is 30.5. The maximum Gasteiger partial charge on any atom is 0.433 e. The molecule has 2 amide bonds. The summed E-state index contributed by atoms with van der Waals surface area (Å²) in [5, 5.41) is 2.68. The number of nitrogens with zero attached hydrogens (tertiary/aromatic N) is 2. The third-order valence-electron chi connectivity index (χ3n) is 6.15. The van der Waals surface area contributed by atoms with Gasteiger partial charge < -0.3 is 19.7 Å². The van der Waals surface area contributed by atoms with Gasteiger partial charge in [0, 0.05) is 24.7 Å². The Morgan fingerprint density at radius 1 is 1.05 bits per heavy atom. The van der Waals surface area contributed by atoms with Gasteiger partial charge in [0.05, 0.1) is 24.4 Å². The number of likely N-dealkylation sites (N-methyl/N-ethyl adjacent to an activating group) is 1. The van der Waals surface area contributed by atoms with Gasteiger partial charge in [-0.05, 0) is 64.4 Å². The second-order valence-electron chi connectivity index (χ2n) is 10.5. The number of nitrogens with one attached hydrogen (secondary N) is 1. The summed E-state index contributed by atoms with van der Waals surface area (Å²) in [6.45, 7) is 8.98. The Labute approximate surface area is 232 Å². The van der Waals surface area contributed by atoms with Crippen molar-refractivity contribution < 1.29 is 32.2 Å². The fourth-order valence-electron chi connectivity index (χ4n) is 4.09. The third-order valence-corrected chi connectivity index (χ3v) is 6.15. The minimum Gasteiger partial charge on any atom is -0.496 e. The summed E-state index contributed by atoms with van der Waals surface area (Å²) in [6, 6.07) is 14.3. The van der Waals surface area contributed by atoms with Gasteiger partial charge in [0.2, 0.25) is 5.91 Å². The topological polar surface area (TPSA) is 80.8 Å². The average molecular weight is 558 g/mol. The minimum absolute atomic E-state index is 0.0581. The van der Waals surface area contributed by atoms with E-state index in [2.05, 4.69) is 10.3 Å². The molecule has 0 radical (unpaired) electrons. The number of amides is 2. The zero-order valence-corrected chi connectivity index (χ0v) is 23.6. The molecule has 1 atom stereocenters. The van der Waals surface area contributed by atoms with Gasteiger partial charge in [-0.1, -0.05) is 35.9 Å². The largest absolute Gasteiger partial charge is 0.496 e. The zero-order chi connectivity index (χ0) is 29.8. The highest BCUT2D eigenvalue weighted by Crippen LogP contribution is 2.36. The first-order chi connectivity index (χ1) is 18.6. The number of rotatable bonds is 7. The van der Waals surface area contributed by atoms with Gasteiger partial charge in [-0.15, -0.1) is 0 Å². The van der Waals surface area contributed by atoms with Crippen LogP contribution in [0.1, 0.15) is 56.0 Å². The third kappa shape index (κ3) is 7.52. The first-order valence-electron chi connectivity index (χ1n) is 12.7. The molecule has 0 spiro atoms. The number of aryl methyl sites for hydroxylation is 1. The minimum atomic E-state index is -4.64. The van der Waals surface area contributed by atoms with Crippen LogP contribution in [0.5, 0.6) is 5.75 Å². The molecule has 0 fully saturated rings. The van der Waals surface area contributed by atoms with Crippen molar-refractivity contribution in [3.63, 3.8) is 0 Å². The molecule has 3 aromatic rings. The van der Waals surface area contributed by atoms with Crippen LogP contribution < -0.4 is 15.0 Å². The SMILES string of the molecule is COc1cc(C(C)C(=O)N(C)c2ccc(C(F)(F)F)nc2-c2cccc(C)c2)ccc1CNC(=O)OC(C)(C)C. The summed E-state index contributed by atoms with van der Waals surface area (Å²) >= 11 is 0. The lowest BCUT2D eigenvalue weighted by Gasteiger charge is -2.25. The summed E-state index contributed by atoms with van der Waals surface area (Å²) in [4.78, 5) is 30.8. The van der Waals surface area contributed by atoms with E-state index < -0.39 is 29.5 Å². The molecule has 2 aromatic carbocycles. The Kier molecular flexibility index (Phi) is 9.12. The number of aromatic nitrogens is 1. The Morgan fingerprint density at radius 2 is 1.75 bits per heavy atom.